The molecule has 1 atom stereocenters. The van der Waals surface area contributed by atoms with Gasteiger partial charge in [-0.25, -0.2) is 0 Å². The van der Waals surface area contributed by atoms with E-state index in [4.69, 9.17) is 28.9 Å². The number of nitrogens with zero attached hydrogens (tertiary/aromatic N) is 1. The normalized spacial score (nSPS) is 12.2. The maximum Gasteiger partial charge on any atom is 0.222 e. The number of carbonyl (C=O) groups is 1. The van der Waals surface area contributed by atoms with Gasteiger partial charge in [-0.2, -0.15) is 0 Å². The summed E-state index contributed by atoms with van der Waals surface area (Å²) >= 11 is 12.1. The maximum atomic E-state index is 12.2. The average Bonchev–Trinajstić information content (AvgIpc) is 2.47. The van der Waals surface area contributed by atoms with E-state index in [-0.39, 0.29) is 5.91 Å². The lowest BCUT2D eigenvalue weighted by atomic mass is 9.96. The van der Waals surface area contributed by atoms with Gasteiger partial charge in [0.25, 0.3) is 0 Å². The summed E-state index contributed by atoms with van der Waals surface area (Å²) in [5.41, 5.74) is 6.45. The van der Waals surface area contributed by atoms with E-state index in [2.05, 4.69) is 6.92 Å². The third kappa shape index (κ3) is 5.85. The molecule has 2 N–H and O–H groups in total. The lowest BCUT2D eigenvalue weighted by Crippen LogP contribution is -2.26. The summed E-state index contributed by atoms with van der Waals surface area (Å²) < 4.78 is 0. The fraction of sp³-hybridized carbons (Fsp3) is 0.562. The van der Waals surface area contributed by atoms with Crippen molar-refractivity contribution in [3.63, 3.8) is 0 Å². The number of benzene rings is 1. The van der Waals surface area contributed by atoms with Crippen molar-refractivity contribution in [2.75, 3.05) is 13.6 Å². The van der Waals surface area contributed by atoms with Gasteiger partial charge in [0.15, 0.2) is 0 Å². The highest BCUT2D eigenvalue weighted by Gasteiger charge is 2.14. The first-order valence-electron chi connectivity index (χ1n) is 7.36. The summed E-state index contributed by atoms with van der Waals surface area (Å²) in [6.07, 6.45) is 3.48. The number of amides is 1. The Hall–Kier alpha value is -0.770. The minimum Gasteiger partial charge on any atom is -0.341 e. The molecule has 0 bridgehead atoms. The Labute approximate surface area is 137 Å². The van der Waals surface area contributed by atoms with Gasteiger partial charge in [0.05, 0.1) is 10.0 Å². The first-order valence-corrected chi connectivity index (χ1v) is 8.12. The standard InChI is InChI=1S/C16H24Cl2N2O/c1-3-12(9-10-19)7-8-15(21)20(2)11-13-5-4-6-14(17)16(13)18/h4-6,12H,3,7-11,19H2,1-2H3. The van der Waals surface area contributed by atoms with Gasteiger partial charge in [0, 0.05) is 20.0 Å². The molecule has 1 rings (SSSR count). The molecule has 1 aromatic rings. The third-order valence-electron chi connectivity index (χ3n) is 3.78. The van der Waals surface area contributed by atoms with Gasteiger partial charge in [-0.1, -0.05) is 48.7 Å². The number of hydrogen-bond acceptors (Lipinski definition) is 2. The second kappa shape index (κ2) is 9.29. The summed E-state index contributed by atoms with van der Waals surface area (Å²) in [5.74, 6) is 0.656. The minimum absolute atomic E-state index is 0.126. The number of nitrogens with two attached hydrogens (primary N) is 1. The fourth-order valence-electron chi connectivity index (χ4n) is 2.32. The van der Waals surface area contributed by atoms with E-state index in [1.165, 1.54) is 0 Å². The zero-order chi connectivity index (χ0) is 15.8. The molecule has 1 unspecified atom stereocenters. The Bertz CT molecular complexity index is 466. The van der Waals surface area contributed by atoms with Gasteiger partial charge in [0.1, 0.15) is 0 Å². The average molecular weight is 331 g/mol. The first-order chi connectivity index (χ1) is 9.99. The molecule has 1 aromatic carbocycles. The highest BCUT2D eigenvalue weighted by Crippen LogP contribution is 2.26. The van der Waals surface area contributed by atoms with Crippen LogP contribution >= 0.6 is 23.2 Å². The van der Waals surface area contributed by atoms with Crippen molar-refractivity contribution in [2.45, 2.75) is 39.2 Å². The Balaban J connectivity index is 2.53. The molecule has 0 saturated heterocycles. The first kappa shape index (κ1) is 18.3. The molecule has 0 radical (unpaired) electrons. The lowest BCUT2D eigenvalue weighted by molar-refractivity contribution is -0.130. The number of hydrogen-bond donors (Lipinski definition) is 1. The van der Waals surface area contributed by atoms with E-state index < -0.39 is 0 Å². The third-order valence-corrected chi connectivity index (χ3v) is 4.64. The maximum absolute atomic E-state index is 12.2. The zero-order valence-corrected chi connectivity index (χ0v) is 14.3. The Morgan fingerprint density at radius 2 is 2.05 bits per heavy atom. The van der Waals surface area contributed by atoms with Crippen molar-refractivity contribution in [3.05, 3.63) is 33.8 Å². The van der Waals surface area contributed by atoms with Crippen molar-refractivity contribution in [3.8, 4) is 0 Å². The van der Waals surface area contributed by atoms with E-state index in [0.717, 1.165) is 24.8 Å². The van der Waals surface area contributed by atoms with Crippen LogP contribution in [0.3, 0.4) is 0 Å². The van der Waals surface area contributed by atoms with Crippen molar-refractivity contribution < 1.29 is 4.79 Å². The van der Waals surface area contributed by atoms with E-state index in [1.807, 2.05) is 12.1 Å². The highest BCUT2D eigenvalue weighted by atomic mass is 35.5. The summed E-state index contributed by atoms with van der Waals surface area (Å²) in [6, 6.07) is 5.48. The summed E-state index contributed by atoms with van der Waals surface area (Å²) in [5, 5.41) is 1.04. The molecule has 3 nitrogen and oxygen atoms in total. The highest BCUT2D eigenvalue weighted by molar-refractivity contribution is 6.42. The topological polar surface area (TPSA) is 46.3 Å². The van der Waals surface area contributed by atoms with Gasteiger partial charge in [0.2, 0.25) is 5.91 Å². The largest absolute Gasteiger partial charge is 0.341 e. The molecule has 0 aliphatic carbocycles. The van der Waals surface area contributed by atoms with Crippen LogP contribution in [0, 0.1) is 5.92 Å². The molecule has 0 aromatic heterocycles. The molecule has 21 heavy (non-hydrogen) atoms. The molecule has 5 heteroatoms. The van der Waals surface area contributed by atoms with Crippen LogP contribution in [0.4, 0.5) is 0 Å². The van der Waals surface area contributed by atoms with Crippen molar-refractivity contribution in [1.82, 2.24) is 4.90 Å². The zero-order valence-electron chi connectivity index (χ0n) is 12.7. The summed E-state index contributed by atoms with van der Waals surface area (Å²) in [7, 11) is 1.80. The Morgan fingerprint density at radius 3 is 2.67 bits per heavy atom. The number of rotatable bonds is 8. The van der Waals surface area contributed by atoms with Gasteiger partial charge < -0.3 is 10.6 Å². The van der Waals surface area contributed by atoms with Crippen LogP contribution in [-0.4, -0.2) is 24.4 Å². The van der Waals surface area contributed by atoms with Gasteiger partial charge in [-0.15, -0.1) is 0 Å². The molecule has 1 amide bonds. The monoisotopic (exact) mass is 330 g/mol. The van der Waals surface area contributed by atoms with Crippen LogP contribution in [0.2, 0.25) is 10.0 Å². The van der Waals surface area contributed by atoms with E-state index >= 15 is 0 Å². The predicted octanol–water partition coefficient (Wildman–Crippen LogP) is 4.11. The molecular weight excluding hydrogens is 307 g/mol. The van der Waals surface area contributed by atoms with Crippen LogP contribution in [-0.2, 0) is 11.3 Å². The van der Waals surface area contributed by atoms with Crippen molar-refractivity contribution >= 4 is 29.1 Å². The lowest BCUT2D eigenvalue weighted by Gasteiger charge is -2.20. The molecule has 0 saturated carbocycles. The van der Waals surface area contributed by atoms with Crippen LogP contribution in [0.5, 0.6) is 0 Å². The molecule has 0 aliphatic heterocycles. The second-order valence-corrected chi connectivity index (χ2v) is 6.14. The van der Waals surface area contributed by atoms with Crippen LogP contribution in [0.25, 0.3) is 0 Å². The van der Waals surface area contributed by atoms with Crippen LogP contribution in [0.1, 0.15) is 38.2 Å². The molecule has 0 aliphatic rings. The SMILES string of the molecule is CCC(CCN)CCC(=O)N(C)Cc1cccc(Cl)c1Cl. The number of halogens is 2. The van der Waals surface area contributed by atoms with E-state index in [1.54, 1.807) is 18.0 Å². The van der Waals surface area contributed by atoms with Gasteiger partial charge in [-0.3, -0.25) is 4.79 Å². The van der Waals surface area contributed by atoms with Crippen molar-refractivity contribution in [2.24, 2.45) is 11.7 Å². The summed E-state index contributed by atoms with van der Waals surface area (Å²) in [4.78, 5) is 13.9. The quantitative estimate of drug-likeness (QED) is 0.779. The smallest absolute Gasteiger partial charge is 0.222 e. The van der Waals surface area contributed by atoms with Gasteiger partial charge >= 0.3 is 0 Å². The minimum atomic E-state index is 0.126. The Kier molecular flexibility index (Phi) is 8.09. The molecule has 0 heterocycles. The number of carbonyl (C=O) groups excluding carboxylic acids is 1. The summed E-state index contributed by atoms with van der Waals surface area (Å²) in [6.45, 7) is 3.30. The van der Waals surface area contributed by atoms with E-state index in [0.29, 0.717) is 35.5 Å². The molecule has 118 valence electrons. The predicted molar refractivity (Wildman–Crippen MR) is 89.6 cm³/mol. The van der Waals surface area contributed by atoms with Crippen LogP contribution in [0.15, 0.2) is 18.2 Å². The van der Waals surface area contributed by atoms with Gasteiger partial charge in [-0.05, 0) is 36.9 Å². The molecule has 0 spiro atoms. The fourth-order valence-corrected chi connectivity index (χ4v) is 2.70. The van der Waals surface area contributed by atoms with Crippen molar-refractivity contribution in [1.29, 1.82) is 0 Å². The van der Waals surface area contributed by atoms with Crippen LogP contribution < -0.4 is 5.73 Å². The second-order valence-electron chi connectivity index (χ2n) is 5.35. The van der Waals surface area contributed by atoms with E-state index in [9.17, 15) is 4.79 Å². The molecule has 0 fully saturated rings. The Morgan fingerprint density at radius 1 is 1.33 bits per heavy atom. The molecular formula is C16H24Cl2N2O.